The Morgan fingerprint density at radius 2 is 1.82 bits per heavy atom. The van der Waals surface area contributed by atoms with Gasteiger partial charge in [0.25, 0.3) is 0 Å². The molecule has 1 fully saturated rings. The Kier molecular flexibility index (Phi) is 7.14. The predicted molar refractivity (Wildman–Crippen MR) is 130 cm³/mol. The predicted octanol–water partition coefficient (Wildman–Crippen LogP) is 4.01. The number of hydrogen-bond donors (Lipinski definition) is 0. The van der Waals surface area contributed by atoms with Crippen molar-refractivity contribution in [2.24, 2.45) is 5.41 Å². The number of carbonyl (C=O) groups is 1. The van der Waals surface area contributed by atoms with E-state index >= 15 is 0 Å². The molecule has 1 atom stereocenters. The van der Waals surface area contributed by atoms with E-state index in [0.29, 0.717) is 6.42 Å². The van der Waals surface area contributed by atoms with Crippen molar-refractivity contribution in [3.05, 3.63) is 78.1 Å². The average Bonchev–Trinajstić information content (AvgIpc) is 2.85. The smallest absolute Gasteiger partial charge is 0.229 e. The Balaban J connectivity index is 1.62. The van der Waals surface area contributed by atoms with E-state index in [9.17, 15) is 4.79 Å². The fraction of sp³-hybridized carbons (Fsp3) is 0.407. The van der Waals surface area contributed by atoms with Gasteiger partial charge in [-0.25, -0.2) is 9.97 Å². The third kappa shape index (κ3) is 5.28. The third-order valence-electron chi connectivity index (χ3n) is 6.53. The maximum atomic E-state index is 13.6. The maximum absolute atomic E-state index is 13.6. The number of piperidine rings is 1. The highest BCUT2D eigenvalue weighted by molar-refractivity contribution is 5.83. The Labute approximate surface area is 196 Å². The summed E-state index contributed by atoms with van der Waals surface area (Å²) in [6.07, 6.45) is 10.9. The molecule has 0 N–H and O–H groups in total. The standard InChI is InChI=1S/C27H33N5O/c1-4-25-29-17-21(18-30-25)19-32-15-7-12-27(20-32,26(33)31(2)3)16-23-8-5-6-9-24(23)22-10-13-28-14-11-22/h5-6,8-11,13-14,17-18H,4,7,12,15-16,19-20H2,1-3H3. The second kappa shape index (κ2) is 10.2. The lowest BCUT2D eigenvalue weighted by Crippen LogP contribution is -2.52. The van der Waals surface area contributed by atoms with Crippen LogP contribution >= 0.6 is 0 Å². The first-order chi connectivity index (χ1) is 16.0. The van der Waals surface area contributed by atoms with Crippen molar-refractivity contribution in [2.45, 2.75) is 39.2 Å². The minimum Gasteiger partial charge on any atom is -0.348 e. The summed E-state index contributed by atoms with van der Waals surface area (Å²) < 4.78 is 0. The molecule has 0 spiro atoms. The van der Waals surface area contributed by atoms with Crippen LogP contribution in [0, 0.1) is 5.41 Å². The van der Waals surface area contributed by atoms with Crippen molar-refractivity contribution in [2.75, 3.05) is 27.2 Å². The van der Waals surface area contributed by atoms with Crippen LogP contribution in [0.25, 0.3) is 11.1 Å². The van der Waals surface area contributed by atoms with Crippen LogP contribution in [0.4, 0.5) is 0 Å². The van der Waals surface area contributed by atoms with Crippen LogP contribution in [0.15, 0.2) is 61.2 Å². The van der Waals surface area contributed by atoms with Gasteiger partial charge >= 0.3 is 0 Å². The van der Waals surface area contributed by atoms with E-state index < -0.39 is 5.41 Å². The number of aryl methyl sites for hydroxylation is 1. The molecular formula is C27H33N5O. The van der Waals surface area contributed by atoms with Gasteiger partial charge < -0.3 is 4.90 Å². The van der Waals surface area contributed by atoms with Gasteiger partial charge in [-0.3, -0.25) is 14.7 Å². The Hall–Kier alpha value is -3.12. The highest BCUT2D eigenvalue weighted by Gasteiger charge is 2.43. The van der Waals surface area contributed by atoms with Gasteiger partial charge in [0.1, 0.15) is 5.82 Å². The van der Waals surface area contributed by atoms with Crippen molar-refractivity contribution < 1.29 is 4.79 Å². The quantitative estimate of drug-likeness (QED) is 0.552. The van der Waals surface area contributed by atoms with Crippen molar-refractivity contribution in [1.82, 2.24) is 24.8 Å². The van der Waals surface area contributed by atoms with Crippen molar-refractivity contribution >= 4 is 5.91 Å². The molecule has 2 aromatic heterocycles. The first-order valence-corrected chi connectivity index (χ1v) is 11.7. The number of aromatic nitrogens is 3. The van der Waals surface area contributed by atoms with E-state index in [4.69, 9.17) is 0 Å². The van der Waals surface area contributed by atoms with Crippen LogP contribution in [0.5, 0.6) is 0 Å². The molecule has 172 valence electrons. The molecule has 6 nitrogen and oxygen atoms in total. The van der Waals surface area contributed by atoms with Crippen molar-refractivity contribution in [3.63, 3.8) is 0 Å². The van der Waals surface area contributed by atoms with Crippen LogP contribution in [0.2, 0.25) is 0 Å². The van der Waals surface area contributed by atoms with Gasteiger partial charge in [0.05, 0.1) is 5.41 Å². The molecule has 1 aliphatic heterocycles. The summed E-state index contributed by atoms with van der Waals surface area (Å²) in [6.45, 7) is 4.53. The van der Waals surface area contributed by atoms with Gasteiger partial charge in [-0.2, -0.15) is 0 Å². The first kappa shape index (κ1) is 23.1. The van der Waals surface area contributed by atoms with Crippen LogP contribution in [-0.2, 0) is 24.2 Å². The van der Waals surface area contributed by atoms with E-state index in [0.717, 1.165) is 55.8 Å². The van der Waals surface area contributed by atoms with E-state index in [1.807, 2.05) is 51.0 Å². The lowest BCUT2D eigenvalue weighted by Gasteiger charge is -2.43. The molecule has 0 radical (unpaired) electrons. The first-order valence-electron chi connectivity index (χ1n) is 11.7. The summed E-state index contributed by atoms with van der Waals surface area (Å²) in [5.41, 5.74) is 4.14. The number of hydrogen-bond acceptors (Lipinski definition) is 5. The summed E-state index contributed by atoms with van der Waals surface area (Å²) in [6, 6.07) is 12.5. The molecule has 3 heterocycles. The van der Waals surface area contributed by atoms with Gasteiger partial charge in [0.15, 0.2) is 0 Å². The van der Waals surface area contributed by atoms with Gasteiger partial charge in [0.2, 0.25) is 5.91 Å². The van der Waals surface area contributed by atoms with Crippen LogP contribution in [0.1, 0.15) is 36.7 Å². The molecule has 0 saturated carbocycles. The molecule has 1 saturated heterocycles. The second-order valence-corrected chi connectivity index (χ2v) is 9.23. The van der Waals surface area contributed by atoms with Crippen molar-refractivity contribution in [1.29, 1.82) is 0 Å². The fourth-order valence-corrected chi connectivity index (χ4v) is 4.99. The lowest BCUT2D eigenvalue weighted by atomic mass is 9.73. The maximum Gasteiger partial charge on any atom is 0.229 e. The fourth-order valence-electron chi connectivity index (χ4n) is 4.99. The number of carbonyl (C=O) groups excluding carboxylic acids is 1. The second-order valence-electron chi connectivity index (χ2n) is 9.23. The van der Waals surface area contributed by atoms with Crippen LogP contribution < -0.4 is 0 Å². The number of likely N-dealkylation sites (tertiary alicyclic amines) is 1. The van der Waals surface area contributed by atoms with E-state index in [-0.39, 0.29) is 5.91 Å². The Morgan fingerprint density at radius 1 is 1.09 bits per heavy atom. The molecule has 0 aliphatic carbocycles. The van der Waals surface area contributed by atoms with E-state index in [1.54, 1.807) is 4.90 Å². The molecule has 0 bridgehead atoms. The number of pyridine rings is 1. The number of rotatable bonds is 7. The average molecular weight is 444 g/mol. The molecule has 1 amide bonds. The Morgan fingerprint density at radius 3 is 2.52 bits per heavy atom. The molecule has 1 aliphatic rings. The summed E-state index contributed by atoms with van der Waals surface area (Å²) >= 11 is 0. The molecular weight excluding hydrogens is 410 g/mol. The molecule has 33 heavy (non-hydrogen) atoms. The van der Waals surface area contributed by atoms with Crippen molar-refractivity contribution in [3.8, 4) is 11.1 Å². The molecule has 4 rings (SSSR count). The highest BCUT2D eigenvalue weighted by atomic mass is 16.2. The van der Waals surface area contributed by atoms with E-state index in [2.05, 4.69) is 51.0 Å². The van der Waals surface area contributed by atoms with Gasteiger partial charge in [-0.1, -0.05) is 31.2 Å². The minimum atomic E-state index is -0.463. The summed E-state index contributed by atoms with van der Waals surface area (Å²) in [7, 11) is 3.74. The highest BCUT2D eigenvalue weighted by Crippen LogP contribution is 2.38. The number of amides is 1. The molecule has 6 heteroatoms. The number of benzene rings is 1. The van der Waals surface area contributed by atoms with Gasteiger partial charge in [0, 0.05) is 64.0 Å². The minimum absolute atomic E-state index is 0.203. The van der Waals surface area contributed by atoms with Gasteiger partial charge in [-0.15, -0.1) is 0 Å². The summed E-state index contributed by atoms with van der Waals surface area (Å²) in [5, 5.41) is 0. The van der Waals surface area contributed by atoms with Crippen LogP contribution in [-0.4, -0.2) is 57.8 Å². The zero-order valence-electron chi connectivity index (χ0n) is 19.9. The monoisotopic (exact) mass is 443 g/mol. The lowest BCUT2D eigenvalue weighted by molar-refractivity contribution is -0.143. The summed E-state index contributed by atoms with van der Waals surface area (Å²) in [5.74, 6) is 1.07. The zero-order chi connectivity index (χ0) is 23.3. The topological polar surface area (TPSA) is 62.2 Å². The molecule has 3 aromatic rings. The van der Waals surface area contributed by atoms with E-state index in [1.165, 1.54) is 11.1 Å². The van der Waals surface area contributed by atoms with Crippen LogP contribution in [0.3, 0.4) is 0 Å². The zero-order valence-corrected chi connectivity index (χ0v) is 19.9. The number of nitrogens with zero attached hydrogens (tertiary/aromatic N) is 5. The van der Waals surface area contributed by atoms with Gasteiger partial charge in [-0.05, 0) is 54.6 Å². The normalized spacial score (nSPS) is 18.8. The SMILES string of the molecule is CCc1ncc(CN2CCCC(Cc3ccccc3-c3ccncc3)(C(=O)N(C)C)C2)cn1. The molecule has 1 unspecified atom stereocenters. The molecule has 1 aromatic carbocycles. The largest absolute Gasteiger partial charge is 0.348 e. The summed E-state index contributed by atoms with van der Waals surface area (Å²) in [4.78, 5) is 30.9. The Bertz CT molecular complexity index is 1070. The third-order valence-corrected chi connectivity index (χ3v) is 6.53.